The van der Waals surface area contributed by atoms with Crippen molar-refractivity contribution in [3.8, 4) is 11.9 Å². The van der Waals surface area contributed by atoms with Gasteiger partial charge in [0.2, 0.25) is 0 Å². The van der Waals surface area contributed by atoms with Crippen molar-refractivity contribution < 1.29 is 17.4 Å². The Labute approximate surface area is 130 Å². The van der Waals surface area contributed by atoms with Crippen LogP contribution in [0.25, 0.3) is 0 Å². The number of aryl methyl sites for hydroxylation is 1. The average molecular weight is 328 g/mol. The highest BCUT2D eigenvalue weighted by atomic mass is 32.2. The van der Waals surface area contributed by atoms with E-state index >= 15 is 0 Å². The number of hydrogen-bond acceptors (Lipinski definition) is 6. The van der Waals surface area contributed by atoms with E-state index in [-0.39, 0.29) is 11.4 Å². The molecule has 0 unspecified atom stereocenters. The van der Waals surface area contributed by atoms with Gasteiger partial charge in [0.05, 0.1) is 12.3 Å². The summed E-state index contributed by atoms with van der Waals surface area (Å²) in [6.45, 7) is 5.81. The molecule has 122 valence electrons. The minimum absolute atomic E-state index is 0.0196. The number of nitrogens with one attached hydrogen (secondary N) is 1. The van der Waals surface area contributed by atoms with E-state index in [2.05, 4.69) is 16.5 Å². The Kier molecular flexibility index (Phi) is 5.54. The van der Waals surface area contributed by atoms with Crippen LogP contribution >= 0.6 is 0 Å². The van der Waals surface area contributed by atoms with Crippen molar-refractivity contribution in [3.05, 3.63) is 11.8 Å². The Morgan fingerprint density at radius 2 is 2.05 bits per heavy atom. The van der Waals surface area contributed by atoms with Gasteiger partial charge in [-0.1, -0.05) is 13.8 Å². The summed E-state index contributed by atoms with van der Waals surface area (Å²) in [6.07, 6.45) is 3.12. The van der Waals surface area contributed by atoms with Crippen molar-refractivity contribution in [3.63, 3.8) is 0 Å². The summed E-state index contributed by atoms with van der Waals surface area (Å²) in [7, 11) is -3.81. The number of hydrogen-bond donors (Lipinski definition) is 1. The van der Waals surface area contributed by atoms with Gasteiger partial charge in [-0.2, -0.15) is 13.7 Å². The number of nitrogens with zero attached hydrogens (tertiary/aromatic N) is 3. The number of carbonyl (C=O) groups is 1. The van der Waals surface area contributed by atoms with E-state index < -0.39 is 21.6 Å². The summed E-state index contributed by atoms with van der Waals surface area (Å²) in [6, 6.07) is 2.09. The molecule has 1 aromatic heterocycles. The highest BCUT2D eigenvalue weighted by Crippen LogP contribution is 2.21. The molecule has 0 atom stereocenters. The monoisotopic (exact) mass is 328 g/mol. The van der Waals surface area contributed by atoms with Crippen LogP contribution in [0.4, 0.5) is 0 Å². The van der Waals surface area contributed by atoms with Crippen LogP contribution < -0.4 is 9.50 Å². The fourth-order valence-electron chi connectivity index (χ4n) is 1.82. The second-order valence-electron chi connectivity index (χ2n) is 4.85. The summed E-state index contributed by atoms with van der Waals surface area (Å²) < 4.78 is 28.7. The molecule has 8 nitrogen and oxygen atoms in total. The minimum Gasteiger partial charge on any atom is -0.359 e. The van der Waals surface area contributed by atoms with Crippen LogP contribution in [-0.2, 0) is 16.7 Å². The third-order valence-corrected chi connectivity index (χ3v) is 3.76. The van der Waals surface area contributed by atoms with Crippen molar-refractivity contribution in [1.29, 1.82) is 5.26 Å². The van der Waals surface area contributed by atoms with Gasteiger partial charge in [-0.05, 0) is 19.8 Å². The number of rotatable bonds is 7. The summed E-state index contributed by atoms with van der Waals surface area (Å²) in [5.41, 5.74) is -1.03. The van der Waals surface area contributed by atoms with Crippen LogP contribution in [0.15, 0.2) is 6.20 Å². The lowest BCUT2D eigenvalue weighted by atomic mass is 9.94. The Morgan fingerprint density at radius 3 is 2.45 bits per heavy atom. The quantitative estimate of drug-likeness (QED) is 0.748. The van der Waals surface area contributed by atoms with E-state index in [1.807, 2.05) is 0 Å². The molecule has 0 aromatic carbocycles. The standard InChI is InChI=1S/C13H20N4O4S/c1-5-13(6-2,9-14)15-11(18)10-8-17(7-3)16-12(10)21-22(4,19)20/h8H,5-7H2,1-4H3,(H,15,18). The molecule has 0 aliphatic rings. The van der Waals surface area contributed by atoms with E-state index in [9.17, 15) is 18.5 Å². The SMILES string of the molecule is CCn1cc(C(=O)NC(C#N)(CC)CC)c(OS(C)(=O)=O)n1. The Bertz CT molecular complexity index is 683. The van der Waals surface area contributed by atoms with Crippen LogP contribution in [0.2, 0.25) is 0 Å². The molecule has 1 aromatic rings. The maximum absolute atomic E-state index is 12.4. The number of aromatic nitrogens is 2. The van der Waals surface area contributed by atoms with Gasteiger partial charge in [0.15, 0.2) is 0 Å². The zero-order valence-corrected chi connectivity index (χ0v) is 13.9. The second-order valence-corrected chi connectivity index (χ2v) is 6.42. The summed E-state index contributed by atoms with van der Waals surface area (Å²) in [5.74, 6) is -0.885. The molecule has 0 spiro atoms. The van der Waals surface area contributed by atoms with Gasteiger partial charge in [-0.25, -0.2) is 0 Å². The average Bonchev–Trinajstić information content (AvgIpc) is 2.86. The molecule has 9 heteroatoms. The molecule has 0 aliphatic carbocycles. The molecule has 0 radical (unpaired) electrons. The molecular formula is C13H20N4O4S. The maximum Gasteiger partial charge on any atom is 0.307 e. The minimum atomic E-state index is -3.81. The first-order valence-corrected chi connectivity index (χ1v) is 8.72. The Morgan fingerprint density at radius 1 is 1.45 bits per heavy atom. The Balaban J connectivity index is 3.17. The van der Waals surface area contributed by atoms with Crippen LogP contribution in [0.3, 0.4) is 0 Å². The molecule has 1 N–H and O–H groups in total. The van der Waals surface area contributed by atoms with Gasteiger partial charge >= 0.3 is 10.1 Å². The van der Waals surface area contributed by atoms with Gasteiger partial charge in [-0.15, -0.1) is 5.10 Å². The topological polar surface area (TPSA) is 114 Å². The van der Waals surface area contributed by atoms with Crippen molar-refractivity contribution in [2.24, 2.45) is 0 Å². The van der Waals surface area contributed by atoms with Gasteiger partial charge < -0.3 is 9.50 Å². The molecule has 1 rings (SSSR count). The zero-order chi connectivity index (χ0) is 17.0. The number of nitriles is 1. The molecule has 0 bridgehead atoms. The summed E-state index contributed by atoms with van der Waals surface area (Å²) >= 11 is 0. The van der Waals surface area contributed by atoms with Crippen molar-refractivity contribution in [1.82, 2.24) is 15.1 Å². The first-order valence-electron chi connectivity index (χ1n) is 6.91. The fraction of sp³-hybridized carbons (Fsp3) is 0.615. The van der Waals surface area contributed by atoms with Gasteiger partial charge in [0, 0.05) is 12.7 Å². The molecule has 0 aliphatic heterocycles. The summed E-state index contributed by atoms with van der Waals surface area (Å²) in [4.78, 5) is 12.4. The molecule has 22 heavy (non-hydrogen) atoms. The second kappa shape index (κ2) is 6.79. The number of carbonyl (C=O) groups excluding carboxylic acids is 1. The van der Waals surface area contributed by atoms with Crippen LogP contribution in [0.1, 0.15) is 44.0 Å². The van der Waals surface area contributed by atoms with Gasteiger partial charge in [0.1, 0.15) is 11.1 Å². The first kappa shape index (κ1) is 18.0. The lowest BCUT2D eigenvalue weighted by Gasteiger charge is -2.24. The van der Waals surface area contributed by atoms with Crippen LogP contribution in [0.5, 0.6) is 5.88 Å². The molecule has 0 saturated heterocycles. The van der Waals surface area contributed by atoms with E-state index in [0.29, 0.717) is 19.4 Å². The van der Waals surface area contributed by atoms with Gasteiger partial charge in [0.25, 0.3) is 11.8 Å². The fourth-order valence-corrected chi connectivity index (χ4v) is 2.23. The highest BCUT2D eigenvalue weighted by Gasteiger charge is 2.31. The predicted octanol–water partition coefficient (Wildman–Crippen LogP) is 1.05. The lowest BCUT2D eigenvalue weighted by molar-refractivity contribution is 0.0914. The van der Waals surface area contributed by atoms with Crippen molar-refractivity contribution >= 4 is 16.0 Å². The zero-order valence-electron chi connectivity index (χ0n) is 13.1. The highest BCUT2D eigenvalue weighted by molar-refractivity contribution is 7.86. The van der Waals surface area contributed by atoms with E-state index in [4.69, 9.17) is 4.18 Å². The first-order chi connectivity index (χ1) is 10.2. The third kappa shape index (κ3) is 4.21. The smallest absolute Gasteiger partial charge is 0.307 e. The Hall–Kier alpha value is -2.08. The van der Waals surface area contributed by atoms with Crippen LogP contribution in [0, 0.1) is 11.3 Å². The molecule has 0 fully saturated rings. The van der Waals surface area contributed by atoms with E-state index in [0.717, 1.165) is 6.26 Å². The normalized spacial score (nSPS) is 11.8. The summed E-state index contributed by atoms with van der Waals surface area (Å²) in [5, 5.41) is 15.8. The van der Waals surface area contributed by atoms with E-state index in [1.54, 1.807) is 20.8 Å². The van der Waals surface area contributed by atoms with E-state index in [1.165, 1.54) is 10.9 Å². The molecule has 1 amide bonds. The maximum atomic E-state index is 12.4. The largest absolute Gasteiger partial charge is 0.359 e. The lowest BCUT2D eigenvalue weighted by Crippen LogP contribution is -2.46. The predicted molar refractivity (Wildman–Crippen MR) is 79.8 cm³/mol. The third-order valence-electron chi connectivity index (χ3n) is 3.30. The van der Waals surface area contributed by atoms with Crippen LogP contribution in [-0.4, -0.2) is 35.9 Å². The van der Waals surface area contributed by atoms with Crippen molar-refractivity contribution in [2.75, 3.05) is 6.26 Å². The molecule has 0 saturated carbocycles. The molecular weight excluding hydrogens is 308 g/mol. The van der Waals surface area contributed by atoms with Gasteiger partial charge in [-0.3, -0.25) is 9.48 Å². The molecule has 1 heterocycles. The number of amides is 1. The van der Waals surface area contributed by atoms with Crippen molar-refractivity contribution in [2.45, 2.75) is 45.7 Å².